The van der Waals surface area contributed by atoms with Gasteiger partial charge < -0.3 is 10.2 Å². The van der Waals surface area contributed by atoms with Crippen molar-refractivity contribution < 1.29 is 9.59 Å². The predicted molar refractivity (Wildman–Crippen MR) is 72.0 cm³/mol. The molecule has 2 rings (SSSR count). The largest absolute Gasteiger partial charge is 0.337 e. The first-order valence-electron chi connectivity index (χ1n) is 6.17. The smallest absolute Gasteiger partial charge is 0.253 e. The highest BCUT2D eigenvalue weighted by atomic mass is 16.2. The Kier molecular flexibility index (Phi) is 3.57. The number of piperazine rings is 1. The number of nitrogens with one attached hydrogen (secondary N) is 1. The molecule has 0 aliphatic carbocycles. The quantitative estimate of drug-likeness (QED) is 0.816. The van der Waals surface area contributed by atoms with E-state index in [9.17, 15) is 9.59 Å². The minimum Gasteiger partial charge on any atom is -0.337 e. The monoisotopic (exact) mass is 256 g/mol. The molecule has 1 aliphatic heterocycles. The maximum Gasteiger partial charge on any atom is 0.253 e. The number of carbonyl (C=O) groups is 2. The van der Waals surface area contributed by atoms with Gasteiger partial charge in [-0.2, -0.15) is 0 Å². The maximum absolute atomic E-state index is 12.5. The fourth-order valence-electron chi connectivity index (χ4n) is 2.28. The second kappa shape index (κ2) is 5.15. The lowest BCUT2D eigenvalue weighted by Gasteiger charge is -2.39. The highest BCUT2D eigenvalue weighted by molar-refractivity contribution is 5.98. The fraction of sp³-hybridized carbons (Fsp3) is 0.333. The zero-order chi connectivity index (χ0) is 13.9. The molecule has 2 amide bonds. The van der Waals surface area contributed by atoms with Crippen molar-refractivity contribution >= 4 is 11.8 Å². The van der Waals surface area contributed by atoms with Gasteiger partial charge in [0.05, 0.1) is 6.54 Å². The Bertz CT molecular complexity index is 533. The van der Waals surface area contributed by atoms with Crippen LogP contribution in [0, 0.1) is 12.3 Å². The van der Waals surface area contributed by atoms with Crippen LogP contribution < -0.4 is 5.32 Å². The van der Waals surface area contributed by atoms with Crippen LogP contribution in [0.2, 0.25) is 0 Å². The molecule has 0 saturated carbocycles. The lowest BCUT2D eigenvalue weighted by Crippen LogP contribution is -2.63. The normalized spacial score (nSPS) is 22.8. The van der Waals surface area contributed by atoms with Crippen molar-refractivity contribution in [1.29, 1.82) is 0 Å². The minimum atomic E-state index is -1.01. The van der Waals surface area contributed by atoms with E-state index in [0.29, 0.717) is 13.0 Å². The molecule has 1 aromatic carbocycles. The van der Waals surface area contributed by atoms with E-state index in [-0.39, 0.29) is 18.4 Å². The van der Waals surface area contributed by atoms with Gasteiger partial charge >= 0.3 is 0 Å². The molecule has 0 radical (unpaired) electrons. The minimum absolute atomic E-state index is 0.0724. The summed E-state index contributed by atoms with van der Waals surface area (Å²) in [6, 6.07) is 9.24. The molecule has 19 heavy (non-hydrogen) atoms. The first-order valence-corrected chi connectivity index (χ1v) is 6.17. The van der Waals surface area contributed by atoms with E-state index in [2.05, 4.69) is 11.2 Å². The van der Waals surface area contributed by atoms with Crippen molar-refractivity contribution in [2.75, 3.05) is 13.1 Å². The number of benzene rings is 1. The van der Waals surface area contributed by atoms with Gasteiger partial charge in [-0.05, 0) is 12.5 Å². The predicted octanol–water partition coefficient (Wildman–Crippen LogP) is 0.883. The maximum atomic E-state index is 12.5. The van der Waals surface area contributed by atoms with Crippen LogP contribution in [0.4, 0.5) is 0 Å². The number of amides is 2. The molecule has 0 spiro atoms. The van der Waals surface area contributed by atoms with Gasteiger partial charge in [0.2, 0.25) is 5.91 Å². The third-order valence-corrected chi connectivity index (χ3v) is 3.32. The van der Waals surface area contributed by atoms with E-state index < -0.39 is 5.54 Å². The molecule has 1 heterocycles. The van der Waals surface area contributed by atoms with Gasteiger partial charge in [-0.3, -0.25) is 9.59 Å². The molecular formula is C15H16N2O2. The molecule has 1 saturated heterocycles. The summed E-state index contributed by atoms with van der Waals surface area (Å²) in [4.78, 5) is 25.9. The topological polar surface area (TPSA) is 49.4 Å². The number of hydrogen-bond donors (Lipinski definition) is 1. The molecule has 1 N–H and O–H groups in total. The third-order valence-electron chi connectivity index (χ3n) is 3.32. The van der Waals surface area contributed by atoms with E-state index >= 15 is 0 Å². The molecule has 4 heteroatoms. The number of rotatable bonds is 3. The molecule has 98 valence electrons. The molecule has 0 bridgehead atoms. The van der Waals surface area contributed by atoms with Crippen molar-refractivity contribution in [2.45, 2.75) is 18.9 Å². The van der Waals surface area contributed by atoms with E-state index in [1.54, 1.807) is 6.92 Å². The summed E-state index contributed by atoms with van der Waals surface area (Å²) in [5.74, 6) is 2.21. The summed E-state index contributed by atoms with van der Waals surface area (Å²) < 4.78 is 0. The van der Waals surface area contributed by atoms with Crippen LogP contribution >= 0.6 is 0 Å². The molecule has 0 aromatic heterocycles. The van der Waals surface area contributed by atoms with Gasteiger partial charge in [0.15, 0.2) is 0 Å². The fourth-order valence-corrected chi connectivity index (χ4v) is 2.28. The average molecular weight is 256 g/mol. The molecule has 4 nitrogen and oxygen atoms in total. The van der Waals surface area contributed by atoms with Crippen LogP contribution in [0.3, 0.4) is 0 Å². The van der Waals surface area contributed by atoms with Gasteiger partial charge in [0.1, 0.15) is 5.54 Å². The van der Waals surface area contributed by atoms with Crippen LogP contribution in [0.1, 0.15) is 18.9 Å². The Morgan fingerprint density at radius 3 is 2.68 bits per heavy atom. The highest BCUT2D eigenvalue weighted by Crippen LogP contribution is 2.26. The van der Waals surface area contributed by atoms with Crippen molar-refractivity contribution in [1.82, 2.24) is 10.2 Å². The second-order valence-electron chi connectivity index (χ2n) is 4.72. The molecule has 1 fully saturated rings. The average Bonchev–Trinajstić information content (AvgIpc) is 2.42. The number of nitrogens with zero attached hydrogens (tertiary/aromatic N) is 1. The van der Waals surface area contributed by atoms with E-state index in [0.717, 1.165) is 5.56 Å². The van der Waals surface area contributed by atoms with Gasteiger partial charge in [-0.1, -0.05) is 30.3 Å². The van der Waals surface area contributed by atoms with Crippen LogP contribution in [-0.2, 0) is 15.1 Å². The Balaban J connectivity index is 2.31. The molecular weight excluding hydrogens is 240 g/mol. The zero-order valence-corrected chi connectivity index (χ0v) is 10.8. The Morgan fingerprint density at radius 1 is 1.37 bits per heavy atom. The Labute approximate surface area is 112 Å². The standard InChI is InChI=1S/C15H16N2O2/c1-3-4-10-17-11-13(18)16-15(2,14(17)19)12-8-6-5-7-9-12/h1,5-9H,4,10-11H2,2H3,(H,16,18). The number of carbonyl (C=O) groups excluding carboxylic acids is 2. The van der Waals surface area contributed by atoms with Crippen molar-refractivity contribution in [3.05, 3.63) is 35.9 Å². The lowest BCUT2D eigenvalue weighted by molar-refractivity contribution is -0.149. The summed E-state index contributed by atoms with van der Waals surface area (Å²) in [5.41, 5.74) is -0.232. The van der Waals surface area contributed by atoms with Gasteiger partial charge in [0, 0.05) is 13.0 Å². The summed E-state index contributed by atoms with van der Waals surface area (Å²) in [5, 5.41) is 2.78. The number of terminal acetylenes is 1. The molecule has 1 aromatic rings. The lowest BCUT2D eigenvalue weighted by atomic mass is 9.88. The molecule has 1 unspecified atom stereocenters. The SMILES string of the molecule is C#CCCN1CC(=O)NC(C)(c2ccccc2)C1=O. The summed E-state index contributed by atoms with van der Waals surface area (Å²) in [6.45, 7) is 2.21. The third kappa shape index (κ3) is 2.45. The Hall–Kier alpha value is -2.28. The van der Waals surface area contributed by atoms with Gasteiger partial charge in [0.25, 0.3) is 5.91 Å². The number of hydrogen-bond acceptors (Lipinski definition) is 2. The van der Waals surface area contributed by atoms with Gasteiger partial charge in [-0.25, -0.2) is 0 Å². The van der Waals surface area contributed by atoms with E-state index in [1.807, 2.05) is 30.3 Å². The second-order valence-corrected chi connectivity index (χ2v) is 4.72. The van der Waals surface area contributed by atoms with Crippen molar-refractivity contribution in [3.8, 4) is 12.3 Å². The summed E-state index contributed by atoms with van der Waals surface area (Å²) in [6.07, 6.45) is 5.66. The van der Waals surface area contributed by atoms with Crippen molar-refractivity contribution in [3.63, 3.8) is 0 Å². The molecule has 1 atom stereocenters. The first kappa shape index (κ1) is 13.2. The Morgan fingerprint density at radius 2 is 2.05 bits per heavy atom. The van der Waals surface area contributed by atoms with Crippen LogP contribution in [0.15, 0.2) is 30.3 Å². The van der Waals surface area contributed by atoms with Crippen molar-refractivity contribution in [2.24, 2.45) is 0 Å². The molecule has 1 aliphatic rings. The van der Waals surface area contributed by atoms with E-state index in [4.69, 9.17) is 6.42 Å². The van der Waals surface area contributed by atoms with Crippen LogP contribution in [-0.4, -0.2) is 29.8 Å². The first-order chi connectivity index (χ1) is 9.08. The summed E-state index contributed by atoms with van der Waals surface area (Å²) in [7, 11) is 0. The van der Waals surface area contributed by atoms with Crippen LogP contribution in [0.5, 0.6) is 0 Å². The van der Waals surface area contributed by atoms with E-state index in [1.165, 1.54) is 4.90 Å². The summed E-state index contributed by atoms with van der Waals surface area (Å²) >= 11 is 0. The van der Waals surface area contributed by atoms with Crippen LogP contribution in [0.25, 0.3) is 0 Å². The highest BCUT2D eigenvalue weighted by Gasteiger charge is 2.43. The zero-order valence-electron chi connectivity index (χ0n) is 10.8. The van der Waals surface area contributed by atoms with Gasteiger partial charge in [-0.15, -0.1) is 12.3 Å².